The van der Waals surface area contributed by atoms with Crippen molar-refractivity contribution < 1.29 is 18.7 Å². The van der Waals surface area contributed by atoms with Gasteiger partial charge in [0, 0.05) is 38.4 Å². The van der Waals surface area contributed by atoms with Crippen molar-refractivity contribution in [2.45, 2.75) is 33.2 Å². The van der Waals surface area contributed by atoms with Crippen molar-refractivity contribution in [1.82, 2.24) is 14.7 Å². The Bertz CT molecular complexity index is 502. The second-order valence-electron chi connectivity index (χ2n) is 5.94. The molecule has 5 nitrogen and oxygen atoms in total. The number of rotatable bonds is 5. The molecule has 1 aliphatic heterocycles. The van der Waals surface area contributed by atoms with Crippen LogP contribution in [0.25, 0.3) is 0 Å². The number of hydrogen-bond donors (Lipinski definition) is 1. The number of carbonyl (C=O) groups excluding carboxylic acids is 1. The molecule has 2 heterocycles. The van der Waals surface area contributed by atoms with E-state index in [0.29, 0.717) is 26.1 Å². The van der Waals surface area contributed by atoms with Gasteiger partial charge in [0.15, 0.2) is 5.69 Å². The van der Waals surface area contributed by atoms with Crippen molar-refractivity contribution in [3.05, 3.63) is 17.5 Å². The lowest BCUT2D eigenvalue weighted by Crippen LogP contribution is -2.30. The Balaban J connectivity index is 2.21. The summed E-state index contributed by atoms with van der Waals surface area (Å²) in [6.07, 6.45) is -0.766. The summed E-state index contributed by atoms with van der Waals surface area (Å²) in [6, 6.07) is 0. The van der Waals surface area contributed by atoms with E-state index in [1.165, 1.54) is 15.8 Å². The Kier molecular flexibility index (Phi) is 4.92. The molecule has 1 aromatic heterocycles. The van der Waals surface area contributed by atoms with E-state index in [1.54, 1.807) is 0 Å². The molecule has 118 valence electrons. The fourth-order valence-corrected chi connectivity index (χ4v) is 2.55. The van der Waals surface area contributed by atoms with Gasteiger partial charge >= 0.3 is 0 Å². The van der Waals surface area contributed by atoms with Crippen LogP contribution in [0, 0.1) is 11.8 Å². The van der Waals surface area contributed by atoms with Crippen LogP contribution in [0.2, 0.25) is 0 Å². The molecule has 2 rings (SSSR count). The largest absolute Gasteiger partial charge is 0.396 e. The summed E-state index contributed by atoms with van der Waals surface area (Å²) in [6.45, 7) is 5.29. The first-order valence-electron chi connectivity index (χ1n) is 7.18. The Hall–Kier alpha value is -1.50. The van der Waals surface area contributed by atoms with Gasteiger partial charge in [-0.15, -0.1) is 0 Å². The highest BCUT2D eigenvalue weighted by Gasteiger charge is 2.31. The molecule has 1 fully saturated rings. The van der Waals surface area contributed by atoms with Crippen molar-refractivity contribution in [3.8, 4) is 0 Å². The number of likely N-dealkylation sites (tertiary alicyclic amines) is 1. The van der Waals surface area contributed by atoms with Crippen molar-refractivity contribution in [1.29, 1.82) is 0 Å². The number of aromatic nitrogens is 2. The SMILES string of the molecule is CC(C)Cn1cc(C(F)F)c(C(=O)N2CCC(CO)C2)n1. The van der Waals surface area contributed by atoms with Crippen LogP contribution in [-0.2, 0) is 6.54 Å². The molecule has 1 aliphatic rings. The van der Waals surface area contributed by atoms with E-state index in [4.69, 9.17) is 5.11 Å². The van der Waals surface area contributed by atoms with Gasteiger partial charge in [-0.05, 0) is 12.3 Å². The van der Waals surface area contributed by atoms with Crippen LogP contribution < -0.4 is 0 Å². The van der Waals surface area contributed by atoms with Crippen LogP contribution in [-0.4, -0.2) is 45.4 Å². The zero-order chi connectivity index (χ0) is 15.6. The van der Waals surface area contributed by atoms with E-state index in [-0.39, 0.29) is 29.7 Å². The first kappa shape index (κ1) is 15.9. The van der Waals surface area contributed by atoms with Crippen molar-refractivity contribution in [2.75, 3.05) is 19.7 Å². The Labute approximate surface area is 122 Å². The fourth-order valence-electron chi connectivity index (χ4n) is 2.55. The molecule has 0 radical (unpaired) electrons. The summed E-state index contributed by atoms with van der Waals surface area (Å²) >= 11 is 0. The molecule has 1 N–H and O–H groups in total. The summed E-state index contributed by atoms with van der Waals surface area (Å²) in [5.41, 5.74) is -0.475. The highest BCUT2D eigenvalue weighted by molar-refractivity contribution is 5.94. The lowest BCUT2D eigenvalue weighted by atomic mass is 10.1. The van der Waals surface area contributed by atoms with E-state index >= 15 is 0 Å². The summed E-state index contributed by atoms with van der Waals surface area (Å²) in [5.74, 6) is -0.186. The zero-order valence-corrected chi connectivity index (χ0v) is 12.3. The first-order chi connectivity index (χ1) is 9.92. The van der Waals surface area contributed by atoms with Crippen LogP contribution in [0.5, 0.6) is 0 Å². The van der Waals surface area contributed by atoms with Gasteiger partial charge in [0.05, 0.1) is 5.56 Å². The molecule has 1 unspecified atom stereocenters. The van der Waals surface area contributed by atoms with Gasteiger partial charge in [-0.25, -0.2) is 8.78 Å². The number of amides is 1. The van der Waals surface area contributed by atoms with Crippen molar-refractivity contribution >= 4 is 5.91 Å². The van der Waals surface area contributed by atoms with E-state index in [2.05, 4.69) is 5.10 Å². The summed E-state index contributed by atoms with van der Waals surface area (Å²) in [5, 5.41) is 13.2. The molecule has 0 aromatic carbocycles. The predicted octanol–water partition coefficient (Wildman–Crippen LogP) is 1.93. The van der Waals surface area contributed by atoms with Gasteiger partial charge in [0.25, 0.3) is 12.3 Å². The molecule has 1 atom stereocenters. The lowest BCUT2D eigenvalue weighted by molar-refractivity contribution is 0.0763. The number of aliphatic hydroxyl groups excluding tert-OH is 1. The molecule has 1 saturated heterocycles. The third-order valence-corrected chi connectivity index (χ3v) is 3.61. The van der Waals surface area contributed by atoms with Crippen LogP contribution in [0.4, 0.5) is 8.78 Å². The maximum absolute atomic E-state index is 13.1. The Morgan fingerprint density at radius 1 is 1.52 bits per heavy atom. The standard InChI is InChI=1S/C14H21F2N3O2/c1-9(2)5-19-7-11(13(15)16)12(17-19)14(21)18-4-3-10(6-18)8-20/h7,9-10,13,20H,3-6,8H2,1-2H3. The maximum Gasteiger partial charge on any atom is 0.274 e. The van der Waals surface area contributed by atoms with Gasteiger partial charge in [-0.1, -0.05) is 13.8 Å². The third kappa shape index (κ3) is 3.58. The second kappa shape index (κ2) is 6.51. The molecule has 0 aliphatic carbocycles. The second-order valence-corrected chi connectivity index (χ2v) is 5.94. The normalized spacial score (nSPS) is 19.0. The summed E-state index contributed by atoms with van der Waals surface area (Å²) in [7, 11) is 0. The number of halogens is 2. The quantitative estimate of drug-likeness (QED) is 0.904. The summed E-state index contributed by atoms with van der Waals surface area (Å²) < 4.78 is 27.6. The van der Waals surface area contributed by atoms with Gasteiger partial charge in [0.2, 0.25) is 0 Å². The first-order valence-corrected chi connectivity index (χ1v) is 7.18. The number of carbonyl (C=O) groups is 1. The minimum absolute atomic E-state index is 0.00722. The monoisotopic (exact) mass is 301 g/mol. The van der Waals surface area contributed by atoms with Crippen LogP contribution >= 0.6 is 0 Å². The predicted molar refractivity (Wildman–Crippen MR) is 73.1 cm³/mol. The smallest absolute Gasteiger partial charge is 0.274 e. The Morgan fingerprint density at radius 3 is 2.76 bits per heavy atom. The molecular formula is C14H21F2N3O2. The molecule has 0 bridgehead atoms. The van der Waals surface area contributed by atoms with Gasteiger partial charge in [-0.2, -0.15) is 5.10 Å². The van der Waals surface area contributed by atoms with E-state index < -0.39 is 12.3 Å². The third-order valence-electron chi connectivity index (χ3n) is 3.61. The van der Waals surface area contributed by atoms with Crippen LogP contribution in [0.3, 0.4) is 0 Å². The molecule has 7 heteroatoms. The average Bonchev–Trinajstić information content (AvgIpc) is 3.03. The summed E-state index contributed by atoms with van der Waals surface area (Å²) in [4.78, 5) is 13.9. The van der Waals surface area contributed by atoms with Crippen molar-refractivity contribution in [3.63, 3.8) is 0 Å². The molecule has 1 amide bonds. The molecule has 21 heavy (non-hydrogen) atoms. The average molecular weight is 301 g/mol. The minimum Gasteiger partial charge on any atom is -0.396 e. The van der Waals surface area contributed by atoms with Crippen LogP contribution in [0.15, 0.2) is 6.20 Å². The number of nitrogens with zero attached hydrogens (tertiary/aromatic N) is 3. The van der Waals surface area contributed by atoms with E-state index in [9.17, 15) is 13.6 Å². The van der Waals surface area contributed by atoms with E-state index in [0.717, 1.165) is 0 Å². The number of hydrogen-bond acceptors (Lipinski definition) is 3. The molecule has 1 aromatic rings. The fraction of sp³-hybridized carbons (Fsp3) is 0.714. The zero-order valence-electron chi connectivity index (χ0n) is 12.3. The topological polar surface area (TPSA) is 58.4 Å². The van der Waals surface area contributed by atoms with Crippen molar-refractivity contribution in [2.24, 2.45) is 11.8 Å². The number of alkyl halides is 2. The molecular weight excluding hydrogens is 280 g/mol. The Morgan fingerprint density at radius 2 is 2.24 bits per heavy atom. The highest BCUT2D eigenvalue weighted by atomic mass is 19.3. The highest BCUT2D eigenvalue weighted by Crippen LogP contribution is 2.25. The van der Waals surface area contributed by atoms with Crippen LogP contribution in [0.1, 0.15) is 42.7 Å². The maximum atomic E-state index is 13.1. The van der Waals surface area contributed by atoms with Gasteiger partial charge in [-0.3, -0.25) is 9.48 Å². The molecule has 0 spiro atoms. The number of aliphatic hydroxyl groups is 1. The molecule has 0 saturated carbocycles. The van der Waals surface area contributed by atoms with E-state index in [1.807, 2.05) is 13.8 Å². The minimum atomic E-state index is -2.72. The van der Waals surface area contributed by atoms with Gasteiger partial charge < -0.3 is 10.0 Å². The van der Waals surface area contributed by atoms with Gasteiger partial charge in [0.1, 0.15) is 0 Å². The lowest BCUT2D eigenvalue weighted by Gasteiger charge is -2.15.